The lowest BCUT2D eigenvalue weighted by atomic mass is 9.90. The summed E-state index contributed by atoms with van der Waals surface area (Å²) in [5.74, 6) is 1.75. The van der Waals surface area contributed by atoms with Gasteiger partial charge in [0.1, 0.15) is 0 Å². The minimum absolute atomic E-state index is 0.854. The van der Waals surface area contributed by atoms with Crippen LogP contribution >= 0.6 is 0 Å². The maximum atomic E-state index is 3.64. The van der Waals surface area contributed by atoms with Crippen LogP contribution in [0.1, 0.15) is 65.7 Å². The predicted octanol–water partition coefficient (Wildman–Crippen LogP) is 3.98. The molecule has 0 heterocycles. The third kappa shape index (κ3) is 6.19. The summed E-state index contributed by atoms with van der Waals surface area (Å²) in [6, 6.07) is 0.875. The summed E-state index contributed by atoms with van der Waals surface area (Å²) >= 11 is 0. The average Bonchev–Trinajstić information content (AvgIpc) is 3.04. The molecule has 0 aliphatic heterocycles. The van der Waals surface area contributed by atoms with Crippen LogP contribution < -0.4 is 5.32 Å². The second-order valence-corrected chi connectivity index (χ2v) is 5.49. The first-order valence-electron chi connectivity index (χ1n) is 6.97. The Kier molecular flexibility index (Phi) is 6.31. The topological polar surface area (TPSA) is 12.0 Å². The molecular formula is C14H29N. The van der Waals surface area contributed by atoms with Gasteiger partial charge in [-0.2, -0.15) is 0 Å². The molecule has 0 bridgehead atoms. The van der Waals surface area contributed by atoms with Crippen molar-refractivity contribution in [1.29, 1.82) is 0 Å². The van der Waals surface area contributed by atoms with E-state index >= 15 is 0 Å². The number of rotatable bonds is 9. The van der Waals surface area contributed by atoms with E-state index in [2.05, 4.69) is 26.1 Å². The Morgan fingerprint density at radius 2 is 1.80 bits per heavy atom. The molecule has 1 nitrogen and oxygen atoms in total. The molecule has 0 amide bonds. The molecule has 0 radical (unpaired) electrons. The lowest BCUT2D eigenvalue weighted by molar-refractivity contribution is 0.335. The van der Waals surface area contributed by atoms with Gasteiger partial charge in [0.2, 0.25) is 0 Å². The second-order valence-electron chi connectivity index (χ2n) is 5.49. The van der Waals surface area contributed by atoms with Gasteiger partial charge in [-0.25, -0.2) is 0 Å². The van der Waals surface area contributed by atoms with Crippen molar-refractivity contribution in [1.82, 2.24) is 5.32 Å². The fourth-order valence-electron chi connectivity index (χ4n) is 2.02. The van der Waals surface area contributed by atoms with Crippen molar-refractivity contribution < 1.29 is 0 Å². The molecule has 1 heteroatoms. The number of hydrogen-bond donors (Lipinski definition) is 1. The van der Waals surface area contributed by atoms with E-state index in [9.17, 15) is 0 Å². The zero-order chi connectivity index (χ0) is 11.1. The maximum absolute atomic E-state index is 3.64. The second kappa shape index (κ2) is 7.27. The standard InChI is InChI=1S/C14H29N/c1-4-5-6-7-8-12(2)13(3)11-15-14-9-10-14/h12-15H,4-11H2,1-3H3. The highest BCUT2D eigenvalue weighted by molar-refractivity contribution is 4.81. The normalized spacial score (nSPS) is 20.2. The smallest absolute Gasteiger partial charge is 0.00683 e. The molecule has 0 aromatic carbocycles. The first-order chi connectivity index (χ1) is 7.24. The monoisotopic (exact) mass is 211 g/mol. The molecule has 0 aromatic heterocycles. The lowest BCUT2D eigenvalue weighted by Crippen LogP contribution is -2.26. The first kappa shape index (κ1) is 13.0. The van der Waals surface area contributed by atoms with E-state index < -0.39 is 0 Å². The quantitative estimate of drug-likeness (QED) is 0.569. The van der Waals surface area contributed by atoms with E-state index in [4.69, 9.17) is 0 Å². The Morgan fingerprint density at radius 1 is 1.07 bits per heavy atom. The van der Waals surface area contributed by atoms with Crippen molar-refractivity contribution in [2.24, 2.45) is 11.8 Å². The third-order valence-electron chi connectivity index (χ3n) is 3.79. The molecule has 1 aliphatic carbocycles. The molecule has 90 valence electrons. The fraction of sp³-hybridized carbons (Fsp3) is 1.00. The molecule has 1 aliphatic rings. The summed E-state index contributed by atoms with van der Waals surface area (Å²) < 4.78 is 0. The summed E-state index contributed by atoms with van der Waals surface area (Å²) in [4.78, 5) is 0. The summed E-state index contributed by atoms with van der Waals surface area (Å²) in [5, 5.41) is 3.64. The number of unbranched alkanes of at least 4 members (excludes halogenated alkanes) is 3. The maximum Gasteiger partial charge on any atom is 0.00683 e. The average molecular weight is 211 g/mol. The molecule has 0 spiro atoms. The summed E-state index contributed by atoms with van der Waals surface area (Å²) in [6.07, 6.45) is 9.89. The first-order valence-corrected chi connectivity index (χ1v) is 6.97. The van der Waals surface area contributed by atoms with E-state index in [0.29, 0.717) is 0 Å². The SMILES string of the molecule is CCCCCCC(C)C(C)CNC1CC1. The van der Waals surface area contributed by atoms with E-state index in [1.165, 1.54) is 51.5 Å². The van der Waals surface area contributed by atoms with Crippen LogP contribution in [0.4, 0.5) is 0 Å². The van der Waals surface area contributed by atoms with Crippen molar-refractivity contribution in [3.8, 4) is 0 Å². The van der Waals surface area contributed by atoms with Gasteiger partial charge in [-0.05, 0) is 31.2 Å². The van der Waals surface area contributed by atoms with Gasteiger partial charge in [0.25, 0.3) is 0 Å². The molecule has 2 atom stereocenters. The van der Waals surface area contributed by atoms with Gasteiger partial charge >= 0.3 is 0 Å². The van der Waals surface area contributed by atoms with E-state index in [-0.39, 0.29) is 0 Å². The highest BCUT2D eigenvalue weighted by Crippen LogP contribution is 2.22. The van der Waals surface area contributed by atoms with Gasteiger partial charge in [0, 0.05) is 6.04 Å². The van der Waals surface area contributed by atoms with Crippen molar-refractivity contribution in [2.75, 3.05) is 6.54 Å². The van der Waals surface area contributed by atoms with Crippen LogP contribution in [0.3, 0.4) is 0 Å². The van der Waals surface area contributed by atoms with Crippen molar-refractivity contribution in [3.63, 3.8) is 0 Å². The van der Waals surface area contributed by atoms with Gasteiger partial charge in [-0.1, -0.05) is 52.9 Å². The molecule has 15 heavy (non-hydrogen) atoms. The Hall–Kier alpha value is -0.0400. The molecule has 1 N–H and O–H groups in total. The van der Waals surface area contributed by atoms with Crippen molar-refractivity contribution in [2.45, 2.75) is 71.8 Å². The minimum Gasteiger partial charge on any atom is -0.314 e. The number of hydrogen-bond acceptors (Lipinski definition) is 1. The van der Waals surface area contributed by atoms with Crippen LogP contribution in [0.25, 0.3) is 0 Å². The van der Waals surface area contributed by atoms with Crippen molar-refractivity contribution >= 4 is 0 Å². The predicted molar refractivity (Wildman–Crippen MR) is 68.1 cm³/mol. The van der Waals surface area contributed by atoms with E-state index in [1.807, 2.05) is 0 Å². The van der Waals surface area contributed by atoms with E-state index in [1.54, 1.807) is 0 Å². The summed E-state index contributed by atoms with van der Waals surface area (Å²) in [7, 11) is 0. The van der Waals surface area contributed by atoms with Gasteiger partial charge in [-0.3, -0.25) is 0 Å². The highest BCUT2D eigenvalue weighted by atomic mass is 14.9. The van der Waals surface area contributed by atoms with Crippen molar-refractivity contribution in [3.05, 3.63) is 0 Å². The Labute approximate surface area is 96.0 Å². The van der Waals surface area contributed by atoms with Crippen LogP contribution in [-0.4, -0.2) is 12.6 Å². The summed E-state index contributed by atoms with van der Waals surface area (Å²) in [6.45, 7) is 8.34. The van der Waals surface area contributed by atoms with Crippen LogP contribution in [0.5, 0.6) is 0 Å². The zero-order valence-corrected chi connectivity index (χ0v) is 10.9. The lowest BCUT2D eigenvalue weighted by Gasteiger charge is -2.20. The fourth-order valence-corrected chi connectivity index (χ4v) is 2.02. The molecule has 1 saturated carbocycles. The number of nitrogens with one attached hydrogen (secondary N) is 1. The van der Waals surface area contributed by atoms with Crippen LogP contribution in [0, 0.1) is 11.8 Å². The van der Waals surface area contributed by atoms with Crippen LogP contribution in [0.2, 0.25) is 0 Å². The molecular weight excluding hydrogens is 182 g/mol. The third-order valence-corrected chi connectivity index (χ3v) is 3.79. The van der Waals surface area contributed by atoms with Gasteiger partial charge in [0.15, 0.2) is 0 Å². The zero-order valence-electron chi connectivity index (χ0n) is 10.9. The molecule has 0 saturated heterocycles. The molecule has 1 rings (SSSR count). The molecule has 2 unspecified atom stereocenters. The summed E-state index contributed by atoms with van der Waals surface area (Å²) in [5.41, 5.74) is 0. The Balaban J connectivity index is 1.95. The largest absolute Gasteiger partial charge is 0.314 e. The molecule has 1 fully saturated rings. The van der Waals surface area contributed by atoms with Gasteiger partial charge < -0.3 is 5.32 Å². The highest BCUT2D eigenvalue weighted by Gasteiger charge is 2.22. The Morgan fingerprint density at radius 3 is 2.40 bits per heavy atom. The van der Waals surface area contributed by atoms with Gasteiger partial charge in [0.05, 0.1) is 0 Å². The Bertz CT molecular complexity index is 151. The van der Waals surface area contributed by atoms with E-state index in [0.717, 1.165) is 17.9 Å². The van der Waals surface area contributed by atoms with Gasteiger partial charge in [-0.15, -0.1) is 0 Å². The minimum atomic E-state index is 0.854. The van der Waals surface area contributed by atoms with Crippen LogP contribution in [-0.2, 0) is 0 Å². The van der Waals surface area contributed by atoms with Crippen LogP contribution in [0.15, 0.2) is 0 Å². The molecule has 0 aromatic rings.